The lowest BCUT2D eigenvalue weighted by molar-refractivity contribution is 0.0428. The van der Waals surface area contributed by atoms with Gasteiger partial charge in [0.25, 0.3) is 0 Å². The molecule has 3 atom stereocenters. The van der Waals surface area contributed by atoms with Gasteiger partial charge in [-0.1, -0.05) is 25.4 Å². The van der Waals surface area contributed by atoms with Crippen molar-refractivity contribution < 1.29 is 9.84 Å². The molecule has 0 amide bonds. The molecule has 1 aliphatic heterocycles. The van der Waals surface area contributed by atoms with Crippen molar-refractivity contribution in [3.05, 3.63) is 28.3 Å². The second-order valence-corrected chi connectivity index (χ2v) is 7.38. The summed E-state index contributed by atoms with van der Waals surface area (Å²) < 4.78 is 5.74. The van der Waals surface area contributed by atoms with E-state index in [1.54, 1.807) is 0 Å². The zero-order valence-electron chi connectivity index (χ0n) is 14.5. The van der Waals surface area contributed by atoms with E-state index in [2.05, 4.69) is 18.7 Å². The third-order valence-electron chi connectivity index (χ3n) is 4.27. The van der Waals surface area contributed by atoms with Crippen molar-refractivity contribution in [2.75, 3.05) is 26.2 Å². The molecule has 1 N–H and O–H groups in total. The molecule has 1 aliphatic rings. The summed E-state index contributed by atoms with van der Waals surface area (Å²) >= 11 is 6.16. The predicted octanol–water partition coefficient (Wildman–Crippen LogP) is 4.10. The van der Waals surface area contributed by atoms with Crippen LogP contribution in [-0.2, 0) is 0 Å². The zero-order valence-corrected chi connectivity index (χ0v) is 16.1. The minimum atomic E-state index is -0.464. The number of piperidine rings is 1. The summed E-state index contributed by atoms with van der Waals surface area (Å²) in [5, 5.41) is 11.0. The van der Waals surface area contributed by atoms with Gasteiger partial charge in [-0.3, -0.25) is 0 Å². The number of nitrogens with zero attached hydrogens (tertiary/aromatic N) is 1. The first-order chi connectivity index (χ1) is 10.3. The summed E-state index contributed by atoms with van der Waals surface area (Å²) in [7, 11) is 0. The Bertz CT molecular complexity index is 477. The first-order valence-electron chi connectivity index (χ1n) is 8.15. The lowest BCUT2D eigenvalue weighted by Crippen LogP contribution is -2.44. The van der Waals surface area contributed by atoms with Gasteiger partial charge in [0, 0.05) is 24.7 Å². The number of halogens is 2. The summed E-state index contributed by atoms with van der Waals surface area (Å²) in [6.07, 6.45) is 0.820. The molecule has 1 heterocycles. The van der Waals surface area contributed by atoms with Crippen molar-refractivity contribution in [1.82, 2.24) is 4.90 Å². The normalized spacial score (nSPS) is 23.2. The van der Waals surface area contributed by atoms with E-state index in [9.17, 15) is 5.11 Å². The van der Waals surface area contributed by atoms with Crippen molar-refractivity contribution in [3.63, 3.8) is 0 Å². The fourth-order valence-corrected chi connectivity index (χ4v) is 3.58. The topological polar surface area (TPSA) is 32.7 Å². The van der Waals surface area contributed by atoms with Gasteiger partial charge in [0.05, 0.1) is 0 Å². The lowest BCUT2D eigenvalue weighted by atomic mass is 9.92. The molecule has 23 heavy (non-hydrogen) atoms. The number of rotatable bonds is 5. The number of likely N-dealkylation sites (tertiary alicyclic amines) is 1. The quantitative estimate of drug-likeness (QED) is 0.856. The molecular formula is C18H29Cl2NO2. The number of hydrogen-bond acceptors (Lipinski definition) is 3. The maximum Gasteiger partial charge on any atom is 0.120 e. The summed E-state index contributed by atoms with van der Waals surface area (Å²) in [6, 6.07) is 3.85. The molecule has 0 aliphatic carbocycles. The summed E-state index contributed by atoms with van der Waals surface area (Å²) in [6.45, 7) is 11.6. The monoisotopic (exact) mass is 361 g/mol. The molecule has 1 saturated heterocycles. The van der Waals surface area contributed by atoms with Gasteiger partial charge >= 0.3 is 0 Å². The second kappa shape index (κ2) is 9.12. The van der Waals surface area contributed by atoms with E-state index in [1.165, 1.54) is 6.42 Å². The fourth-order valence-electron chi connectivity index (χ4n) is 3.47. The lowest BCUT2D eigenvalue weighted by Gasteiger charge is -2.35. The van der Waals surface area contributed by atoms with E-state index in [-0.39, 0.29) is 12.4 Å². The Hall–Kier alpha value is -0.480. The van der Waals surface area contributed by atoms with E-state index in [1.807, 2.05) is 26.0 Å². The van der Waals surface area contributed by atoms with Gasteiger partial charge in [0.1, 0.15) is 18.5 Å². The summed E-state index contributed by atoms with van der Waals surface area (Å²) in [5.74, 6) is 2.19. The highest BCUT2D eigenvalue weighted by Crippen LogP contribution is 2.26. The molecule has 1 aromatic rings. The van der Waals surface area contributed by atoms with Crippen molar-refractivity contribution in [2.45, 2.75) is 40.2 Å². The van der Waals surface area contributed by atoms with E-state index >= 15 is 0 Å². The molecule has 0 aromatic heterocycles. The molecule has 5 heteroatoms. The van der Waals surface area contributed by atoms with Crippen LogP contribution in [0.3, 0.4) is 0 Å². The van der Waals surface area contributed by atoms with Crippen LogP contribution in [0.15, 0.2) is 12.1 Å². The predicted molar refractivity (Wildman–Crippen MR) is 99.1 cm³/mol. The number of β-amino-alcohol motifs (C(OH)–C–C–N with tert-alkyl or cyclic N) is 1. The van der Waals surface area contributed by atoms with Crippen molar-refractivity contribution in [2.24, 2.45) is 11.8 Å². The zero-order chi connectivity index (χ0) is 16.3. The molecule has 3 unspecified atom stereocenters. The van der Waals surface area contributed by atoms with E-state index < -0.39 is 6.10 Å². The van der Waals surface area contributed by atoms with Crippen LogP contribution in [0.5, 0.6) is 5.75 Å². The molecule has 0 saturated carbocycles. The Labute approximate surface area is 151 Å². The van der Waals surface area contributed by atoms with Gasteiger partial charge in [-0.2, -0.15) is 0 Å². The van der Waals surface area contributed by atoms with Crippen LogP contribution in [0.2, 0.25) is 5.02 Å². The Morgan fingerprint density at radius 2 is 1.74 bits per heavy atom. The Kier molecular flexibility index (Phi) is 8.15. The maximum absolute atomic E-state index is 10.2. The molecular weight excluding hydrogens is 333 g/mol. The van der Waals surface area contributed by atoms with Gasteiger partial charge in [-0.15, -0.1) is 12.4 Å². The fraction of sp³-hybridized carbons (Fsp3) is 0.667. The third kappa shape index (κ3) is 6.15. The first-order valence-corrected chi connectivity index (χ1v) is 8.53. The smallest absolute Gasteiger partial charge is 0.120 e. The highest BCUT2D eigenvalue weighted by Gasteiger charge is 2.23. The van der Waals surface area contributed by atoms with Crippen molar-refractivity contribution in [1.29, 1.82) is 0 Å². The standard InChI is InChI=1S/C18H28ClNO2.ClH/c1-12-5-13(2)9-20(8-12)10-16(21)11-22-17-6-14(3)18(19)15(4)7-17;/h6-7,12-13,16,21H,5,8-11H2,1-4H3;1H. The van der Waals surface area contributed by atoms with Crippen LogP contribution in [-0.4, -0.2) is 42.4 Å². The summed E-state index contributed by atoms with van der Waals surface area (Å²) in [4.78, 5) is 2.35. The Morgan fingerprint density at radius 3 is 2.26 bits per heavy atom. The van der Waals surface area contributed by atoms with Gasteiger partial charge in [-0.25, -0.2) is 0 Å². The number of benzene rings is 1. The van der Waals surface area contributed by atoms with Crippen LogP contribution in [0.25, 0.3) is 0 Å². The van der Waals surface area contributed by atoms with Crippen LogP contribution < -0.4 is 4.74 Å². The van der Waals surface area contributed by atoms with Gasteiger partial charge in [0.15, 0.2) is 0 Å². The summed E-state index contributed by atoms with van der Waals surface area (Å²) in [5.41, 5.74) is 2.01. The number of ether oxygens (including phenoxy) is 1. The minimum Gasteiger partial charge on any atom is -0.491 e. The highest BCUT2D eigenvalue weighted by atomic mass is 35.5. The minimum absolute atomic E-state index is 0. The largest absolute Gasteiger partial charge is 0.491 e. The third-order valence-corrected chi connectivity index (χ3v) is 4.86. The van der Waals surface area contributed by atoms with Gasteiger partial charge < -0.3 is 14.7 Å². The van der Waals surface area contributed by atoms with Gasteiger partial charge in [-0.05, 0) is 55.4 Å². The van der Waals surface area contributed by atoms with Crippen molar-refractivity contribution >= 4 is 24.0 Å². The van der Waals surface area contributed by atoms with E-state index in [0.29, 0.717) is 25.0 Å². The van der Waals surface area contributed by atoms with Gasteiger partial charge in [0.2, 0.25) is 0 Å². The molecule has 0 spiro atoms. The maximum atomic E-state index is 10.2. The number of hydrogen-bond donors (Lipinski definition) is 1. The highest BCUT2D eigenvalue weighted by molar-refractivity contribution is 6.32. The van der Waals surface area contributed by atoms with Crippen LogP contribution >= 0.6 is 24.0 Å². The molecule has 0 bridgehead atoms. The average molecular weight is 362 g/mol. The number of aliphatic hydroxyl groups excluding tert-OH is 1. The SMILES string of the molecule is Cc1cc(OCC(O)CN2CC(C)CC(C)C2)cc(C)c1Cl.Cl. The molecule has 2 rings (SSSR count). The Balaban J connectivity index is 0.00000264. The number of aliphatic hydroxyl groups is 1. The second-order valence-electron chi connectivity index (χ2n) is 7.00. The molecule has 1 fully saturated rings. The van der Waals surface area contributed by atoms with Crippen LogP contribution in [0.4, 0.5) is 0 Å². The van der Waals surface area contributed by atoms with Crippen LogP contribution in [0, 0.1) is 25.7 Å². The van der Waals surface area contributed by atoms with E-state index in [4.69, 9.17) is 16.3 Å². The molecule has 3 nitrogen and oxygen atoms in total. The molecule has 0 radical (unpaired) electrons. The molecule has 132 valence electrons. The van der Waals surface area contributed by atoms with Crippen molar-refractivity contribution in [3.8, 4) is 5.75 Å². The first kappa shape index (κ1) is 20.6. The van der Waals surface area contributed by atoms with E-state index in [0.717, 1.165) is 35.0 Å². The number of aryl methyl sites for hydroxylation is 2. The average Bonchev–Trinajstić information content (AvgIpc) is 2.41. The Morgan fingerprint density at radius 1 is 1.22 bits per heavy atom. The molecule has 1 aromatic carbocycles. The van der Waals surface area contributed by atoms with Crippen LogP contribution in [0.1, 0.15) is 31.4 Å².